The first-order valence-corrected chi connectivity index (χ1v) is 8.73. The molecule has 0 bridgehead atoms. The molecule has 0 atom stereocenters. The lowest BCUT2D eigenvalue weighted by Crippen LogP contribution is -2.41. The zero-order valence-corrected chi connectivity index (χ0v) is 12.6. The Kier molecular flexibility index (Phi) is 3.83. The SMILES string of the molecule is Cn1nccc1S(=O)(=O)N1CCC(CNC2CC2)CC1. The van der Waals surface area contributed by atoms with Crippen molar-refractivity contribution in [3.63, 3.8) is 0 Å². The first-order valence-electron chi connectivity index (χ1n) is 7.29. The van der Waals surface area contributed by atoms with E-state index in [2.05, 4.69) is 10.4 Å². The Balaban J connectivity index is 1.58. The van der Waals surface area contributed by atoms with Gasteiger partial charge in [0.15, 0.2) is 5.03 Å². The average Bonchev–Trinajstić information content (AvgIpc) is 3.17. The van der Waals surface area contributed by atoms with E-state index < -0.39 is 10.0 Å². The van der Waals surface area contributed by atoms with Crippen molar-refractivity contribution >= 4 is 10.0 Å². The standard InChI is InChI=1S/C13H22N4O2S/c1-16-13(4-7-15-16)20(18,19)17-8-5-11(6-9-17)10-14-12-2-3-12/h4,7,11-12,14H,2-3,5-6,8-10H2,1H3. The Labute approximate surface area is 120 Å². The number of sulfonamides is 1. The second-order valence-corrected chi connectivity index (χ2v) is 7.71. The maximum absolute atomic E-state index is 12.5. The highest BCUT2D eigenvalue weighted by atomic mass is 32.2. The molecule has 0 spiro atoms. The van der Waals surface area contributed by atoms with Crippen LogP contribution >= 0.6 is 0 Å². The lowest BCUT2D eigenvalue weighted by Gasteiger charge is -2.31. The van der Waals surface area contributed by atoms with Gasteiger partial charge in [0.1, 0.15) is 0 Å². The van der Waals surface area contributed by atoms with Crippen LogP contribution in [0.1, 0.15) is 25.7 Å². The van der Waals surface area contributed by atoms with Crippen molar-refractivity contribution in [2.75, 3.05) is 19.6 Å². The predicted octanol–water partition coefficient (Wildman–Crippen LogP) is 0.573. The number of aryl methyl sites for hydroxylation is 1. The molecule has 1 N–H and O–H groups in total. The van der Waals surface area contributed by atoms with E-state index in [0.717, 1.165) is 25.4 Å². The molecule has 1 aliphatic carbocycles. The molecule has 1 aromatic heterocycles. The summed E-state index contributed by atoms with van der Waals surface area (Å²) < 4.78 is 28.0. The van der Waals surface area contributed by atoms with Crippen LogP contribution in [0.5, 0.6) is 0 Å². The normalized spacial score (nSPS) is 22.2. The van der Waals surface area contributed by atoms with Gasteiger partial charge in [0.25, 0.3) is 10.0 Å². The third-order valence-corrected chi connectivity index (χ3v) is 6.20. The van der Waals surface area contributed by atoms with Crippen LogP contribution in [0.25, 0.3) is 0 Å². The van der Waals surface area contributed by atoms with Gasteiger partial charge in [-0.3, -0.25) is 4.68 Å². The maximum Gasteiger partial charge on any atom is 0.260 e. The molecule has 0 unspecified atom stereocenters. The molecule has 112 valence electrons. The molecule has 0 amide bonds. The number of nitrogens with one attached hydrogen (secondary N) is 1. The molecule has 1 aliphatic heterocycles. The van der Waals surface area contributed by atoms with Crippen molar-refractivity contribution in [1.29, 1.82) is 0 Å². The number of nitrogens with zero attached hydrogens (tertiary/aromatic N) is 3. The largest absolute Gasteiger partial charge is 0.314 e. The summed E-state index contributed by atoms with van der Waals surface area (Å²) in [6.45, 7) is 2.26. The minimum Gasteiger partial charge on any atom is -0.314 e. The molecule has 6 nitrogen and oxygen atoms in total. The van der Waals surface area contributed by atoms with Crippen LogP contribution in [0.3, 0.4) is 0 Å². The van der Waals surface area contributed by atoms with Crippen molar-refractivity contribution in [3.05, 3.63) is 12.3 Å². The molecular weight excluding hydrogens is 276 g/mol. The fourth-order valence-corrected chi connectivity index (χ4v) is 4.29. The van der Waals surface area contributed by atoms with Gasteiger partial charge in [-0.2, -0.15) is 9.40 Å². The first-order chi connectivity index (χ1) is 9.57. The number of hydrogen-bond donors (Lipinski definition) is 1. The van der Waals surface area contributed by atoms with E-state index in [4.69, 9.17) is 0 Å². The van der Waals surface area contributed by atoms with Crippen LogP contribution in [-0.4, -0.2) is 48.2 Å². The van der Waals surface area contributed by atoms with Gasteiger partial charge in [-0.1, -0.05) is 0 Å². The first kappa shape index (κ1) is 14.0. The van der Waals surface area contributed by atoms with Crippen molar-refractivity contribution in [2.24, 2.45) is 13.0 Å². The van der Waals surface area contributed by atoms with Gasteiger partial charge < -0.3 is 5.32 Å². The fraction of sp³-hybridized carbons (Fsp3) is 0.769. The van der Waals surface area contributed by atoms with E-state index in [1.807, 2.05) is 0 Å². The zero-order chi connectivity index (χ0) is 14.2. The smallest absolute Gasteiger partial charge is 0.260 e. The molecule has 20 heavy (non-hydrogen) atoms. The molecule has 2 fully saturated rings. The number of aromatic nitrogens is 2. The van der Waals surface area contributed by atoms with E-state index >= 15 is 0 Å². The molecule has 7 heteroatoms. The summed E-state index contributed by atoms with van der Waals surface area (Å²) in [5.41, 5.74) is 0. The average molecular weight is 298 g/mol. The summed E-state index contributed by atoms with van der Waals surface area (Å²) in [6, 6.07) is 2.29. The molecule has 1 aromatic rings. The molecule has 2 heterocycles. The summed E-state index contributed by atoms with van der Waals surface area (Å²) in [5.74, 6) is 0.605. The predicted molar refractivity (Wildman–Crippen MR) is 75.7 cm³/mol. The fourth-order valence-electron chi connectivity index (χ4n) is 2.72. The minimum atomic E-state index is -3.38. The third-order valence-electron chi connectivity index (χ3n) is 4.23. The quantitative estimate of drug-likeness (QED) is 0.863. The van der Waals surface area contributed by atoms with Gasteiger partial charge in [0.2, 0.25) is 0 Å². The van der Waals surface area contributed by atoms with Gasteiger partial charge in [0.05, 0.1) is 6.20 Å². The van der Waals surface area contributed by atoms with Gasteiger partial charge in [0, 0.05) is 26.2 Å². The lowest BCUT2D eigenvalue weighted by molar-refractivity contribution is 0.266. The summed E-state index contributed by atoms with van der Waals surface area (Å²) in [6.07, 6.45) is 6.01. The summed E-state index contributed by atoms with van der Waals surface area (Å²) >= 11 is 0. The Morgan fingerprint density at radius 3 is 2.55 bits per heavy atom. The number of rotatable bonds is 5. The Morgan fingerprint density at radius 1 is 1.30 bits per heavy atom. The van der Waals surface area contributed by atoms with E-state index in [1.54, 1.807) is 17.4 Å². The molecular formula is C13H22N4O2S. The molecule has 1 saturated heterocycles. The highest BCUT2D eigenvalue weighted by Crippen LogP contribution is 2.24. The Hall–Kier alpha value is -0.920. The maximum atomic E-state index is 12.5. The van der Waals surface area contributed by atoms with Gasteiger partial charge in [-0.15, -0.1) is 0 Å². The van der Waals surface area contributed by atoms with Crippen molar-refractivity contribution in [3.8, 4) is 0 Å². The van der Waals surface area contributed by atoms with Crippen molar-refractivity contribution < 1.29 is 8.42 Å². The topological polar surface area (TPSA) is 67.2 Å². The molecule has 2 aliphatic rings. The van der Waals surface area contributed by atoms with Crippen molar-refractivity contribution in [1.82, 2.24) is 19.4 Å². The second-order valence-electron chi connectivity index (χ2n) is 5.82. The highest BCUT2D eigenvalue weighted by Gasteiger charge is 2.31. The van der Waals surface area contributed by atoms with Crippen LogP contribution in [-0.2, 0) is 17.1 Å². The van der Waals surface area contributed by atoms with Crippen molar-refractivity contribution in [2.45, 2.75) is 36.8 Å². The van der Waals surface area contributed by atoms with E-state index in [0.29, 0.717) is 19.0 Å². The summed E-state index contributed by atoms with van der Waals surface area (Å²) in [5, 5.41) is 7.77. The van der Waals surface area contributed by atoms with E-state index in [1.165, 1.54) is 23.7 Å². The van der Waals surface area contributed by atoms with E-state index in [9.17, 15) is 8.42 Å². The summed E-state index contributed by atoms with van der Waals surface area (Å²) in [4.78, 5) is 0. The zero-order valence-electron chi connectivity index (χ0n) is 11.8. The molecule has 1 saturated carbocycles. The van der Waals surface area contributed by atoms with Crippen LogP contribution in [0.4, 0.5) is 0 Å². The Morgan fingerprint density at radius 2 is 2.00 bits per heavy atom. The van der Waals surface area contributed by atoms with Crippen LogP contribution in [0.15, 0.2) is 17.3 Å². The van der Waals surface area contributed by atoms with Crippen LogP contribution in [0, 0.1) is 5.92 Å². The minimum absolute atomic E-state index is 0.284. The van der Waals surface area contributed by atoms with E-state index in [-0.39, 0.29) is 5.03 Å². The summed E-state index contributed by atoms with van der Waals surface area (Å²) in [7, 11) is -1.71. The Bertz CT molecular complexity index is 557. The van der Waals surface area contributed by atoms with Crippen LogP contribution in [0.2, 0.25) is 0 Å². The van der Waals surface area contributed by atoms with Gasteiger partial charge in [-0.05, 0) is 44.2 Å². The molecule has 0 aromatic carbocycles. The monoisotopic (exact) mass is 298 g/mol. The lowest BCUT2D eigenvalue weighted by atomic mass is 9.98. The highest BCUT2D eigenvalue weighted by molar-refractivity contribution is 7.89. The molecule has 0 radical (unpaired) electrons. The second kappa shape index (κ2) is 5.46. The number of hydrogen-bond acceptors (Lipinski definition) is 4. The van der Waals surface area contributed by atoms with Crippen LogP contribution < -0.4 is 5.32 Å². The third kappa shape index (κ3) is 2.89. The van der Waals surface area contributed by atoms with Gasteiger partial charge in [-0.25, -0.2) is 8.42 Å². The number of piperidine rings is 1. The molecule has 3 rings (SSSR count). The van der Waals surface area contributed by atoms with Gasteiger partial charge >= 0.3 is 0 Å².